The Hall–Kier alpha value is -1.88. The van der Waals surface area contributed by atoms with E-state index in [0.29, 0.717) is 26.0 Å². The molecule has 0 amide bonds. The fraction of sp³-hybridized carbons (Fsp3) is 0.529. The lowest BCUT2D eigenvalue weighted by Crippen LogP contribution is -2.26. The van der Waals surface area contributed by atoms with Crippen LogP contribution in [0, 0.1) is 0 Å². The number of carboxylic acid groups (broad SMARTS) is 1. The number of aryl methyl sites for hydroxylation is 1. The Morgan fingerprint density at radius 1 is 1.09 bits per heavy atom. The average molecular weight is 307 g/mol. The number of carbonyl (C=O) groups excluding carboxylic acids is 1. The van der Waals surface area contributed by atoms with E-state index in [1.54, 1.807) is 6.92 Å². The summed E-state index contributed by atoms with van der Waals surface area (Å²) in [6.07, 6.45) is 1.11. The second-order valence-electron chi connectivity index (χ2n) is 5.13. The van der Waals surface area contributed by atoms with Gasteiger partial charge in [-0.1, -0.05) is 31.2 Å². The average Bonchev–Trinajstić information content (AvgIpc) is 2.50. The molecule has 0 unspecified atom stereocenters. The largest absolute Gasteiger partial charge is 0.481 e. The summed E-state index contributed by atoms with van der Waals surface area (Å²) < 4.78 is 4.94. The lowest BCUT2D eigenvalue weighted by Gasteiger charge is -2.20. The van der Waals surface area contributed by atoms with Gasteiger partial charge in [-0.25, -0.2) is 0 Å². The Balaban J connectivity index is 2.45. The molecule has 0 spiro atoms. The van der Waals surface area contributed by atoms with Gasteiger partial charge in [-0.05, 0) is 31.0 Å². The van der Waals surface area contributed by atoms with E-state index in [4.69, 9.17) is 9.84 Å². The van der Waals surface area contributed by atoms with Crippen LogP contribution in [0.5, 0.6) is 0 Å². The molecule has 1 aromatic carbocycles. The topological polar surface area (TPSA) is 66.8 Å². The van der Waals surface area contributed by atoms with Crippen LogP contribution in [0.1, 0.15) is 37.8 Å². The van der Waals surface area contributed by atoms with Gasteiger partial charge >= 0.3 is 11.9 Å². The molecule has 0 atom stereocenters. The van der Waals surface area contributed by atoms with Crippen LogP contribution in [-0.2, 0) is 27.3 Å². The van der Waals surface area contributed by atoms with E-state index in [-0.39, 0.29) is 12.4 Å². The van der Waals surface area contributed by atoms with Crippen LogP contribution in [0.2, 0.25) is 0 Å². The monoisotopic (exact) mass is 307 g/mol. The van der Waals surface area contributed by atoms with Gasteiger partial charge in [0.05, 0.1) is 13.0 Å². The molecule has 0 aliphatic carbocycles. The number of carbonyl (C=O) groups is 2. The van der Waals surface area contributed by atoms with Gasteiger partial charge < -0.3 is 9.84 Å². The molecule has 0 aliphatic rings. The number of hydrogen-bond acceptors (Lipinski definition) is 4. The van der Waals surface area contributed by atoms with E-state index < -0.39 is 5.97 Å². The molecule has 0 heterocycles. The van der Waals surface area contributed by atoms with Gasteiger partial charge in [0.25, 0.3) is 0 Å². The van der Waals surface area contributed by atoms with E-state index in [1.807, 2.05) is 24.3 Å². The molecule has 1 N–H and O–H groups in total. The molecule has 22 heavy (non-hydrogen) atoms. The third-order valence-corrected chi connectivity index (χ3v) is 3.44. The molecule has 1 aromatic rings. The van der Waals surface area contributed by atoms with Gasteiger partial charge in [0.1, 0.15) is 0 Å². The van der Waals surface area contributed by atoms with Crippen LogP contribution >= 0.6 is 0 Å². The van der Waals surface area contributed by atoms with Crippen molar-refractivity contribution < 1.29 is 19.4 Å². The third-order valence-electron chi connectivity index (χ3n) is 3.44. The first-order chi connectivity index (χ1) is 10.5. The summed E-state index contributed by atoms with van der Waals surface area (Å²) in [5.41, 5.74) is 2.19. The summed E-state index contributed by atoms with van der Waals surface area (Å²) >= 11 is 0. The molecule has 5 heteroatoms. The van der Waals surface area contributed by atoms with Crippen molar-refractivity contribution in [3.05, 3.63) is 35.4 Å². The van der Waals surface area contributed by atoms with Gasteiger partial charge in [-0.2, -0.15) is 0 Å². The second kappa shape index (κ2) is 9.95. The third kappa shape index (κ3) is 7.22. The molecule has 0 radical (unpaired) electrons. The fourth-order valence-electron chi connectivity index (χ4n) is 2.15. The van der Waals surface area contributed by atoms with Crippen LogP contribution in [0.15, 0.2) is 24.3 Å². The summed E-state index contributed by atoms with van der Waals surface area (Å²) in [6.45, 7) is 6.60. The molecule has 0 fully saturated rings. The van der Waals surface area contributed by atoms with Crippen molar-refractivity contribution in [3.63, 3.8) is 0 Å². The molecule has 5 nitrogen and oxygen atoms in total. The molecular weight excluding hydrogens is 282 g/mol. The summed E-state index contributed by atoms with van der Waals surface area (Å²) in [4.78, 5) is 24.1. The van der Waals surface area contributed by atoms with Crippen LogP contribution < -0.4 is 0 Å². The predicted octanol–water partition coefficient (Wildman–Crippen LogP) is 2.48. The summed E-state index contributed by atoms with van der Waals surface area (Å²) in [6, 6.07) is 7.98. The van der Waals surface area contributed by atoms with Crippen molar-refractivity contribution in [1.82, 2.24) is 4.90 Å². The SMILES string of the molecule is CCOC(=O)CCN(CC)Cc1ccc(CCC(=O)O)cc1. The van der Waals surface area contributed by atoms with E-state index in [2.05, 4.69) is 11.8 Å². The molecule has 0 saturated carbocycles. The normalized spacial score (nSPS) is 10.7. The van der Waals surface area contributed by atoms with Crippen molar-refractivity contribution in [2.75, 3.05) is 19.7 Å². The Labute approximate surface area is 131 Å². The predicted molar refractivity (Wildman–Crippen MR) is 84.6 cm³/mol. The quantitative estimate of drug-likeness (QED) is 0.673. The highest BCUT2D eigenvalue weighted by Crippen LogP contribution is 2.10. The van der Waals surface area contributed by atoms with Gasteiger partial charge in [-0.3, -0.25) is 14.5 Å². The molecule has 0 aliphatic heterocycles. The van der Waals surface area contributed by atoms with E-state index >= 15 is 0 Å². The summed E-state index contributed by atoms with van der Waals surface area (Å²) in [7, 11) is 0. The highest BCUT2D eigenvalue weighted by atomic mass is 16.5. The Kier molecular flexibility index (Phi) is 8.22. The van der Waals surface area contributed by atoms with Crippen molar-refractivity contribution in [1.29, 1.82) is 0 Å². The zero-order valence-electron chi connectivity index (χ0n) is 13.4. The van der Waals surface area contributed by atoms with Crippen LogP contribution in [0.4, 0.5) is 0 Å². The maximum atomic E-state index is 11.4. The molecular formula is C17H25NO4. The van der Waals surface area contributed by atoms with Gasteiger partial charge in [0, 0.05) is 19.5 Å². The lowest BCUT2D eigenvalue weighted by atomic mass is 10.1. The summed E-state index contributed by atoms with van der Waals surface area (Å²) in [5.74, 6) is -0.940. The molecule has 122 valence electrons. The number of aliphatic carboxylic acids is 1. The standard InChI is InChI=1S/C17H25NO4/c1-3-18(12-11-17(21)22-4-2)13-15-7-5-14(6-8-15)9-10-16(19)20/h5-8H,3-4,9-13H2,1-2H3,(H,19,20). The summed E-state index contributed by atoms with van der Waals surface area (Å²) in [5, 5.41) is 8.68. The molecule has 1 rings (SSSR count). The maximum Gasteiger partial charge on any atom is 0.307 e. The number of benzene rings is 1. The Morgan fingerprint density at radius 3 is 2.27 bits per heavy atom. The minimum atomic E-state index is -0.778. The molecule has 0 bridgehead atoms. The van der Waals surface area contributed by atoms with Crippen LogP contribution in [-0.4, -0.2) is 41.6 Å². The smallest absolute Gasteiger partial charge is 0.307 e. The van der Waals surface area contributed by atoms with E-state index in [0.717, 1.165) is 24.2 Å². The van der Waals surface area contributed by atoms with Crippen molar-refractivity contribution >= 4 is 11.9 Å². The van der Waals surface area contributed by atoms with Crippen LogP contribution in [0.25, 0.3) is 0 Å². The fourth-order valence-corrected chi connectivity index (χ4v) is 2.15. The minimum Gasteiger partial charge on any atom is -0.481 e. The second-order valence-corrected chi connectivity index (χ2v) is 5.13. The van der Waals surface area contributed by atoms with Crippen LogP contribution in [0.3, 0.4) is 0 Å². The first-order valence-electron chi connectivity index (χ1n) is 7.72. The zero-order chi connectivity index (χ0) is 16.4. The highest BCUT2D eigenvalue weighted by Gasteiger charge is 2.08. The lowest BCUT2D eigenvalue weighted by molar-refractivity contribution is -0.143. The van der Waals surface area contributed by atoms with Gasteiger partial charge in [0.2, 0.25) is 0 Å². The van der Waals surface area contributed by atoms with E-state index in [9.17, 15) is 9.59 Å². The first-order valence-corrected chi connectivity index (χ1v) is 7.72. The number of carboxylic acids is 1. The van der Waals surface area contributed by atoms with E-state index in [1.165, 1.54) is 0 Å². The number of rotatable bonds is 10. The Morgan fingerprint density at radius 2 is 1.73 bits per heavy atom. The number of esters is 1. The Bertz CT molecular complexity index is 470. The maximum absolute atomic E-state index is 11.4. The molecule has 0 saturated heterocycles. The van der Waals surface area contributed by atoms with Crippen molar-refractivity contribution in [2.24, 2.45) is 0 Å². The zero-order valence-corrected chi connectivity index (χ0v) is 13.4. The minimum absolute atomic E-state index is 0.153. The van der Waals surface area contributed by atoms with Crippen molar-refractivity contribution in [2.45, 2.75) is 39.7 Å². The first kappa shape index (κ1) is 18.2. The highest BCUT2D eigenvalue weighted by molar-refractivity contribution is 5.69. The number of hydrogen-bond donors (Lipinski definition) is 1. The van der Waals surface area contributed by atoms with Crippen molar-refractivity contribution in [3.8, 4) is 0 Å². The number of nitrogens with zero attached hydrogens (tertiary/aromatic N) is 1. The number of ether oxygens (including phenoxy) is 1. The van der Waals surface area contributed by atoms with Gasteiger partial charge in [0.15, 0.2) is 0 Å². The molecule has 0 aromatic heterocycles. The van der Waals surface area contributed by atoms with Gasteiger partial charge in [-0.15, -0.1) is 0 Å².